The monoisotopic (exact) mass is 394 g/mol. The van der Waals surface area contributed by atoms with Crippen LogP contribution in [0.3, 0.4) is 0 Å². The molecule has 23 heavy (non-hydrogen) atoms. The van der Waals surface area contributed by atoms with E-state index in [0.29, 0.717) is 6.61 Å². The first-order valence-corrected chi connectivity index (χ1v) is 8.29. The molecule has 0 amide bonds. The fourth-order valence-electron chi connectivity index (χ4n) is 2.24. The maximum Gasteiger partial charge on any atom is 0.303 e. The van der Waals surface area contributed by atoms with Gasteiger partial charge in [0.05, 0.1) is 13.2 Å². The molecule has 1 N–H and O–H groups in total. The molecule has 0 aromatic heterocycles. The second-order valence-corrected chi connectivity index (χ2v) is 6.18. The number of hydrogen-bond acceptors (Lipinski definition) is 7. The highest BCUT2D eigenvalue weighted by Gasteiger charge is 2.49. The highest BCUT2D eigenvalue weighted by atomic mass is 79.9. The van der Waals surface area contributed by atoms with E-state index >= 15 is 0 Å². The van der Waals surface area contributed by atoms with Crippen molar-refractivity contribution in [2.45, 2.75) is 56.1 Å². The van der Waals surface area contributed by atoms with Crippen LogP contribution < -0.4 is 0 Å². The molecule has 0 saturated carbocycles. The van der Waals surface area contributed by atoms with E-state index in [1.165, 1.54) is 13.8 Å². The molecular weight excluding hydrogens is 372 g/mol. The average molecular weight is 395 g/mol. The van der Waals surface area contributed by atoms with Crippen molar-refractivity contribution in [2.24, 2.45) is 0 Å². The van der Waals surface area contributed by atoms with Crippen molar-refractivity contribution >= 4 is 27.9 Å². The molecule has 0 bridgehead atoms. The summed E-state index contributed by atoms with van der Waals surface area (Å²) in [6.45, 7) is 6.14. The Kier molecular flexibility index (Phi) is 8.75. The predicted octanol–water partition coefficient (Wildman–Crippen LogP) is 1.31. The van der Waals surface area contributed by atoms with Crippen LogP contribution in [0.25, 0.3) is 0 Å². The van der Waals surface area contributed by atoms with E-state index in [4.69, 9.17) is 18.9 Å². The summed E-state index contributed by atoms with van der Waals surface area (Å²) < 4.78 is 21.7. The van der Waals surface area contributed by atoms with Gasteiger partial charge in [0.25, 0.3) is 0 Å². The third kappa shape index (κ3) is 6.21. The number of halogens is 1. The summed E-state index contributed by atoms with van der Waals surface area (Å²) in [6.07, 6.45) is 0.0106. The average Bonchev–Trinajstić information content (AvgIpc) is 2.48. The van der Waals surface area contributed by atoms with E-state index in [-0.39, 0.29) is 0 Å². The number of esters is 2. The SMILES string of the molecule is C=CCCCOC1O[C@H](CO)[C@@H](OC(C)=O)[C@H](OC(C)=O)[C@H]1Br. The lowest BCUT2D eigenvalue weighted by Gasteiger charge is -2.42. The zero-order valence-corrected chi connectivity index (χ0v) is 14.9. The van der Waals surface area contributed by atoms with Crippen LogP contribution in [0.15, 0.2) is 12.7 Å². The summed E-state index contributed by atoms with van der Waals surface area (Å²) in [7, 11) is 0. The molecule has 1 heterocycles. The number of allylic oxidation sites excluding steroid dienone is 1. The van der Waals surface area contributed by atoms with Crippen molar-refractivity contribution in [1.82, 2.24) is 0 Å². The van der Waals surface area contributed by atoms with Crippen molar-refractivity contribution in [3.8, 4) is 0 Å². The molecule has 1 unspecified atom stereocenters. The number of aliphatic hydroxyl groups excluding tert-OH is 1. The fourth-order valence-corrected chi connectivity index (χ4v) is 2.92. The summed E-state index contributed by atoms with van der Waals surface area (Å²) in [5.74, 6) is -1.08. The van der Waals surface area contributed by atoms with Gasteiger partial charge in [0, 0.05) is 13.8 Å². The van der Waals surface area contributed by atoms with Gasteiger partial charge in [0.15, 0.2) is 18.5 Å². The number of rotatable bonds is 8. The van der Waals surface area contributed by atoms with Gasteiger partial charge < -0.3 is 24.1 Å². The number of carbonyl (C=O) groups is 2. The van der Waals surface area contributed by atoms with Gasteiger partial charge in [-0.05, 0) is 12.8 Å². The molecular formula is C15H23BrO7. The minimum Gasteiger partial charge on any atom is -0.457 e. The van der Waals surface area contributed by atoms with Gasteiger partial charge in [-0.2, -0.15) is 0 Å². The summed E-state index contributed by atoms with van der Waals surface area (Å²) in [4.78, 5) is 22.1. The third-order valence-corrected chi connectivity index (χ3v) is 4.14. The van der Waals surface area contributed by atoms with Crippen LogP contribution in [0.5, 0.6) is 0 Å². The quantitative estimate of drug-likeness (QED) is 0.287. The molecule has 1 saturated heterocycles. The number of carbonyl (C=O) groups excluding carboxylic acids is 2. The highest BCUT2D eigenvalue weighted by Crippen LogP contribution is 2.31. The molecule has 1 rings (SSSR count). The molecule has 0 aromatic carbocycles. The van der Waals surface area contributed by atoms with Crippen LogP contribution in [-0.4, -0.2) is 59.7 Å². The van der Waals surface area contributed by atoms with Gasteiger partial charge in [-0.3, -0.25) is 9.59 Å². The fraction of sp³-hybridized carbons (Fsp3) is 0.733. The van der Waals surface area contributed by atoms with Crippen molar-refractivity contribution in [1.29, 1.82) is 0 Å². The number of hydrogen-bond donors (Lipinski definition) is 1. The normalized spacial score (nSPS) is 30.5. The Morgan fingerprint density at radius 1 is 1.26 bits per heavy atom. The molecule has 0 radical (unpaired) electrons. The molecule has 1 aliphatic rings. The van der Waals surface area contributed by atoms with E-state index in [1.807, 2.05) is 0 Å². The Balaban J connectivity index is 2.84. The summed E-state index contributed by atoms with van der Waals surface area (Å²) in [5.41, 5.74) is 0. The van der Waals surface area contributed by atoms with Gasteiger partial charge in [-0.25, -0.2) is 0 Å². The first kappa shape index (κ1) is 20.1. The van der Waals surface area contributed by atoms with E-state index in [2.05, 4.69) is 22.5 Å². The molecule has 0 aromatic rings. The first-order chi connectivity index (χ1) is 10.9. The number of ether oxygens (including phenoxy) is 4. The van der Waals surface area contributed by atoms with Gasteiger partial charge in [0.1, 0.15) is 10.9 Å². The van der Waals surface area contributed by atoms with Crippen LogP contribution in [0.1, 0.15) is 26.7 Å². The standard InChI is InChI=1S/C15H23BrO7/c1-4-5-6-7-20-15-12(16)14(22-10(3)19)13(21-9(2)18)11(8-17)23-15/h4,11-15,17H,1,5-8H2,2-3H3/t11-,12-,13-,14-,15?/m1/s1. The van der Waals surface area contributed by atoms with Crippen LogP contribution in [0, 0.1) is 0 Å². The molecule has 0 spiro atoms. The molecule has 1 fully saturated rings. The number of alkyl halides is 1. The Labute approximate surface area is 144 Å². The van der Waals surface area contributed by atoms with Crippen LogP contribution in [0.2, 0.25) is 0 Å². The summed E-state index contributed by atoms with van der Waals surface area (Å²) in [5, 5.41) is 9.50. The zero-order chi connectivity index (χ0) is 17.4. The molecule has 7 nitrogen and oxygen atoms in total. The van der Waals surface area contributed by atoms with E-state index in [0.717, 1.165) is 12.8 Å². The summed E-state index contributed by atoms with van der Waals surface area (Å²) >= 11 is 3.39. The largest absolute Gasteiger partial charge is 0.457 e. The van der Waals surface area contributed by atoms with Crippen molar-refractivity contribution < 1.29 is 33.6 Å². The smallest absolute Gasteiger partial charge is 0.303 e. The molecule has 0 aliphatic carbocycles. The lowest BCUT2D eigenvalue weighted by molar-refractivity contribution is -0.260. The van der Waals surface area contributed by atoms with E-state index < -0.39 is 48.0 Å². The second kappa shape index (κ2) is 10.0. The van der Waals surface area contributed by atoms with E-state index in [1.54, 1.807) is 6.08 Å². The van der Waals surface area contributed by atoms with E-state index in [9.17, 15) is 14.7 Å². The molecule has 132 valence electrons. The van der Waals surface area contributed by atoms with Crippen molar-refractivity contribution in [3.05, 3.63) is 12.7 Å². The number of aliphatic hydroxyl groups is 1. The van der Waals surface area contributed by atoms with Gasteiger partial charge >= 0.3 is 11.9 Å². The van der Waals surface area contributed by atoms with Crippen molar-refractivity contribution in [2.75, 3.05) is 13.2 Å². The van der Waals surface area contributed by atoms with Crippen LogP contribution in [0.4, 0.5) is 0 Å². The molecule has 8 heteroatoms. The zero-order valence-electron chi connectivity index (χ0n) is 13.3. The predicted molar refractivity (Wildman–Crippen MR) is 85.0 cm³/mol. The van der Waals surface area contributed by atoms with Crippen molar-refractivity contribution in [3.63, 3.8) is 0 Å². The minimum atomic E-state index is -0.918. The van der Waals surface area contributed by atoms with Crippen LogP contribution >= 0.6 is 15.9 Å². The molecule has 5 atom stereocenters. The molecule has 1 aliphatic heterocycles. The Bertz CT molecular complexity index is 415. The lowest BCUT2D eigenvalue weighted by Crippen LogP contribution is -2.59. The van der Waals surface area contributed by atoms with Gasteiger partial charge in [0.2, 0.25) is 0 Å². The van der Waals surface area contributed by atoms with Crippen LogP contribution in [-0.2, 0) is 28.5 Å². The van der Waals surface area contributed by atoms with Gasteiger partial charge in [-0.1, -0.05) is 22.0 Å². The third-order valence-electron chi connectivity index (χ3n) is 3.19. The Hall–Kier alpha value is -0.960. The first-order valence-electron chi connectivity index (χ1n) is 7.38. The number of unbranched alkanes of at least 4 members (excludes halogenated alkanes) is 1. The Morgan fingerprint density at radius 2 is 1.87 bits per heavy atom. The topological polar surface area (TPSA) is 91.3 Å². The highest BCUT2D eigenvalue weighted by molar-refractivity contribution is 9.09. The minimum absolute atomic E-state index is 0.401. The summed E-state index contributed by atoms with van der Waals surface area (Å²) in [6, 6.07) is 0. The Morgan fingerprint density at radius 3 is 2.39 bits per heavy atom. The maximum absolute atomic E-state index is 11.4. The van der Waals surface area contributed by atoms with Gasteiger partial charge in [-0.15, -0.1) is 6.58 Å². The second-order valence-electron chi connectivity index (χ2n) is 5.12. The lowest BCUT2D eigenvalue weighted by atomic mass is 10.0. The maximum atomic E-state index is 11.4.